The number of nitriles is 1. The van der Waals surface area contributed by atoms with Crippen LogP contribution in [0.5, 0.6) is 11.5 Å². The van der Waals surface area contributed by atoms with Crippen LogP contribution in [0.3, 0.4) is 0 Å². The number of nitrogens with one attached hydrogen (secondary N) is 1. The van der Waals surface area contributed by atoms with Gasteiger partial charge < -0.3 is 9.47 Å². The Morgan fingerprint density at radius 3 is 2.57 bits per heavy atom. The molecule has 2 amide bonds. The summed E-state index contributed by atoms with van der Waals surface area (Å²) in [4.78, 5) is 27.1. The Labute approximate surface area is 231 Å². The van der Waals surface area contributed by atoms with Crippen LogP contribution < -0.4 is 19.7 Å². The van der Waals surface area contributed by atoms with Gasteiger partial charge in [0.05, 0.1) is 27.5 Å². The third-order valence-corrected chi connectivity index (χ3v) is 6.42. The van der Waals surface area contributed by atoms with E-state index in [2.05, 4.69) is 34.0 Å². The Bertz CT molecular complexity index is 1470. The van der Waals surface area contributed by atoms with Crippen LogP contribution in [0.25, 0.3) is 6.08 Å². The van der Waals surface area contributed by atoms with Gasteiger partial charge in [0.2, 0.25) is 0 Å². The molecule has 4 rings (SSSR count). The lowest BCUT2D eigenvalue weighted by Gasteiger charge is -2.29. The van der Waals surface area contributed by atoms with Crippen molar-refractivity contribution >= 4 is 63.5 Å². The van der Waals surface area contributed by atoms with Crippen LogP contribution in [0.2, 0.25) is 0 Å². The molecule has 3 aromatic rings. The van der Waals surface area contributed by atoms with Gasteiger partial charge >= 0.3 is 0 Å². The lowest BCUT2D eigenvalue weighted by molar-refractivity contribution is -0.122. The van der Waals surface area contributed by atoms with Gasteiger partial charge in [-0.15, -0.1) is 0 Å². The Balaban J connectivity index is 1.67. The van der Waals surface area contributed by atoms with Crippen molar-refractivity contribution in [1.29, 1.82) is 5.26 Å². The number of amides is 2. The second-order valence-corrected chi connectivity index (χ2v) is 9.30. The highest BCUT2D eigenvalue weighted by molar-refractivity contribution is 14.1. The molecule has 1 heterocycles. The minimum absolute atomic E-state index is 0.0928. The minimum atomic E-state index is -0.644. The van der Waals surface area contributed by atoms with Crippen molar-refractivity contribution in [2.24, 2.45) is 0 Å². The molecule has 0 unspecified atom stereocenters. The molecule has 3 aromatic carbocycles. The maximum atomic E-state index is 13.4. The predicted molar refractivity (Wildman–Crippen MR) is 148 cm³/mol. The molecule has 7 nitrogen and oxygen atoms in total. The highest BCUT2D eigenvalue weighted by Crippen LogP contribution is 2.36. The molecule has 186 valence electrons. The summed E-state index contributed by atoms with van der Waals surface area (Å²) in [6, 6.07) is 17.9. The molecule has 0 radical (unpaired) electrons. The monoisotopic (exact) mass is 627 g/mol. The number of thiocarbonyl (C=S) groups is 1. The van der Waals surface area contributed by atoms with E-state index in [-0.39, 0.29) is 17.3 Å². The molecular weight excluding hydrogens is 608 g/mol. The first kappa shape index (κ1) is 26.2. The zero-order valence-electron chi connectivity index (χ0n) is 19.5. The van der Waals surface area contributed by atoms with E-state index < -0.39 is 17.6 Å². The standard InChI is InChI=1S/C27H19FIN3O4S/c1-2-35-23-13-16(12-22(29)24(23)36-15-18-6-4-3-5-17(18)14-30)11-21-25(33)31-27(37)32(26(21)34)20-9-7-19(28)8-10-20/h3-13H,2,15H2,1H3,(H,31,33,37)/b21-11-. The number of rotatable bonds is 7. The smallest absolute Gasteiger partial charge is 0.270 e. The number of carbonyl (C=O) groups excluding carboxylic acids is 2. The van der Waals surface area contributed by atoms with Crippen molar-refractivity contribution in [2.45, 2.75) is 13.5 Å². The fraction of sp³-hybridized carbons (Fsp3) is 0.111. The van der Waals surface area contributed by atoms with Crippen LogP contribution >= 0.6 is 34.8 Å². The largest absolute Gasteiger partial charge is 0.490 e. The molecule has 0 atom stereocenters. The number of hydrogen-bond acceptors (Lipinski definition) is 6. The molecular formula is C27H19FIN3O4S. The summed E-state index contributed by atoms with van der Waals surface area (Å²) in [5.74, 6) is -0.844. The maximum absolute atomic E-state index is 13.4. The summed E-state index contributed by atoms with van der Waals surface area (Å²) >= 11 is 7.27. The van der Waals surface area contributed by atoms with Crippen molar-refractivity contribution in [3.63, 3.8) is 0 Å². The molecule has 1 N–H and O–H groups in total. The SMILES string of the molecule is CCOc1cc(/C=C2/C(=O)NC(=S)N(c3ccc(F)cc3)C2=O)cc(I)c1OCc1ccccc1C#N. The third kappa shape index (κ3) is 5.79. The molecule has 0 bridgehead atoms. The average molecular weight is 627 g/mol. The first-order valence-electron chi connectivity index (χ1n) is 11.1. The number of anilines is 1. The topological polar surface area (TPSA) is 91.7 Å². The average Bonchev–Trinajstić information content (AvgIpc) is 2.87. The summed E-state index contributed by atoms with van der Waals surface area (Å²) in [5, 5.41) is 11.8. The first-order chi connectivity index (χ1) is 17.8. The Morgan fingerprint density at radius 2 is 1.86 bits per heavy atom. The molecule has 0 spiro atoms. The number of halogens is 2. The van der Waals surface area contributed by atoms with Gasteiger partial charge in [-0.25, -0.2) is 4.39 Å². The van der Waals surface area contributed by atoms with Crippen molar-refractivity contribution < 1.29 is 23.5 Å². The number of nitrogens with zero attached hydrogens (tertiary/aromatic N) is 2. The van der Waals surface area contributed by atoms with E-state index >= 15 is 0 Å². The second kappa shape index (κ2) is 11.5. The second-order valence-electron chi connectivity index (χ2n) is 7.75. The fourth-order valence-electron chi connectivity index (χ4n) is 3.63. The highest BCUT2D eigenvalue weighted by atomic mass is 127. The molecule has 1 fully saturated rings. The zero-order valence-corrected chi connectivity index (χ0v) is 22.4. The van der Waals surface area contributed by atoms with E-state index in [0.717, 1.165) is 10.5 Å². The van der Waals surface area contributed by atoms with E-state index in [0.29, 0.717) is 38.5 Å². The Hall–Kier alpha value is -3.82. The van der Waals surface area contributed by atoms with Crippen LogP contribution in [0.1, 0.15) is 23.6 Å². The Kier molecular flexibility index (Phi) is 8.15. The molecule has 0 aromatic heterocycles. The van der Waals surface area contributed by atoms with Crippen molar-refractivity contribution in [3.8, 4) is 17.6 Å². The van der Waals surface area contributed by atoms with Crippen LogP contribution in [0.15, 0.2) is 66.2 Å². The molecule has 0 aliphatic carbocycles. The van der Waals surface area contributed by atoms with Gasteiger partial charge in [0.25, 0.3) is 11.8 Å². The zero-order chi connectivity index (χ0) is 26.5. The summed E-state index contributed by atoms with van der Waals surface area (Å²) in [7, 11) is 0. The van der Waals surface area contributed by atoms with Gasteiger partial charge in [-0.1, -0.05) is 18.2 Å². The number of ether oxygens (including phenoxy) is 2. The quantitative estimate of drug-likeness (QED) is 0.170. The normalized spacial score (nSPS) is 14.4. The summed E-state index contributed by atoms with van der Waals surface area (Å²) in [6.07, 6.45) is 1.44. The molecule has 10 heteroatoms. The van der Waals surface area contributed by atoms with E-state index in [9.17, 15) is 19.2 Å². The van der Waals surface area contributed by atoms with Crippen LogP contribution in [-0.4, -0.2) is 23.5 Å². The van der Waals surface area contributed by atoms with Gasteiger partial charge in [-0.2, -0.15) is 5.26 Å². The van der Waals surface area contributed by atoms with E-state index in [4.69, 9.17) is 21.7 Å². The van der Waals surface area contributed by atoms with Gasteiger partial charge in [0.15, 0.2) is 16.6 Å². The first-order valence-corrected chi connectivity index (χ1v) is 12.5. The van der Waals surface area contributed by atoms with E-state index in [1.807, 2.05) is 19.1 Å². The lowest BCUT2D eigenvalue weighted by Crippen LogP contribution is -2.54. The summed E-state index contributed by atoms with van der Waals surface area (Å²) in [6.45, 7) is 2.34. The molecule has 37 heavy (non-hydrogen) atoms. The third-order valence-electron chi connectivity index (χ3n) is 5.34. The number of hydrogen-bond donors (Lipinski definition) is 1. The van der Waals surface area contributed by atoms with Gasteiger partial charge in [-0.05, 0) is 95.8 Å². The fourth-order valence-corrected chi connectivity index (χ4v) is 4.69. The van der Waals surface area contributed by atoms with E-state index in [1.54, 1.807) is 24.3 Å². The molecule has 0 saturated carbocycles. The van der Waals surface area contributed by atoms with E-state index in [1.165, 1.54) is 30.3 Å². The van der Waals surface area contributed by atoms with Crippen molar-refractivity contribution in [1.82, 2.24) is 5.32 Å². The summed E-state index contributed by atoms with van der Waals surface area (Å²) < 4.78 is 25.9. The van der Waals surface area contributed by atoms with Crippen LogP contribution in [-0.2, 0) is 16.2 Å². The number of benzene rings is 3. The van der Waals surface area contributed by atoms with Crippen LogP contribution in [0.4, 0.5) is 10.1 Å². The maximum Gasteiger partial charge on any atom is 0.270 e. The van der Waals surface area contributed by atoms with Crippen molar-refractivity contribution in [2.75, 3.05) is 11.5 Å². The molecule has 1 saturated heterocycles. The number of carbonyl (C=O) groups is 2. The lowest BCUT2D eigenvalue weighted by atomic mass is 10.1. The van der Waals surface area contributed by atoms with Gasteiger partial charge in [0, 0.05) is 5.56 Å². The summed E-state index contributed by atoms with van der Waals surface area (Å²) in [5.41, 5.74) is 1.96. The molecule has 1 aliphatic rings. The Morgan fingerprint density at radius 1 is 1.14 bits per heavy atom. The van der Waals surface area contributed by atoms with Gasteiger partial charge in [-0.3, -0.25) is 19.8 Å². The van der Waals surface area contributed by atoms with Crippen LogP contribution in [0, 0.1) is 20.7 Å². The van der Waals surface area contributed by atoms with Crippen molar-refractivity contribution in [3.05, 3.63) is 92.3 Å². The molecule has 1 aliphatic heterocycles. The minimum Gasteiger partial charge on any atom is -0.490 e. The van der Waals surface area contributed by atoms with Gasteiger partial charge in [0.1, 0.15) is 18.0 Å². The predicted octanol–water partition coefficient (Wildman–Crippen LogP) is 5.11. The highest BCUT2D eigenvalue weighted by Gasteiger charge is 2.34.